The summed E-state index contributed by atoms with van der Waals surface area (Å²) in [6, 6.07) is 5.88. The van der Waals surface area contributed by atoms with Crippen molar-refractivity contribution < 1.29 is 4.79 Å². The van der Waals surface area contributed by atoms with E-state index in [-0.39, 0.29) is 5.91 Å². The highest BCUT2D eigenvalue weighted by Crippen LogP contribution is 2.20. The number of halogens is 1. The van der Waals surface area contributed by atoms with Gasteiger partial charge in [0.25, 0.3) is 0 Å². The molecule has 1 atom stereocenters. The van der Waals surface area contributed by atoms with E-state index in [2.05, 4.69) is 4.98 Å². The fourth-order valence-electron chi connectivity index (χ4n) is 1.99. The van der Waals surface area contributed by atoms with Gasteiger partial charge in [0, 0.05) is 24.5 Å². The summed E-state index contributed by atoms with van der Waals surface area (Å²) >= 11 is 5.77. The van der Waals surface area contributed by atoms with E-state index in [4.69, 9.17) is 11.6 Å². The van der Waals surface area contributed by atoms with E-state index in [1.165, 1.54) is 0 Å². The van der Waals surface area contributed by atoms with E-state index in [1.807, 2.05) is 30.0 Å². The molecule has 0 aromatic carbocycles. The summed E-state index contributed by atoms with van der Waals surface area (Å²) in [7, 11) is 0. The van der Waals surface area contributed by atoms with Crippen LogP contribution >= 0.6 is 11.6 Å². The van der Waals surface area contributed by atoms with Gasteiger partial charge in [0.05, 0.1) is 12.2 Å². The number of pyridine rings is 1. The van der Waals surface area contributed by atoms with E-state index in [9.17, 15) is 4.79 Å². The molecule has 0 radical (unpaired) electrons. The standard InChI is InChI=1S/C12H15ClN2O/c1-9-3-2-4-11(14-9)8-15-7-10(6-13)5-12(15)16/h2-4,10H,5-8H2,1H3. The van der Waals surface area contributed by atoms with Gasteiger partial charge in [-0.05, 0) is 25.0 Å². The van der Waals surface area contributed by atoms with Crippen LogP contribution in [0.3, 0.4) is 0 Å². The minimum absolute atomic E-state index is 0.189. The zero-order valence-electron chi connectivity index (χ0n) is 9.32. The van der Waals surface area contributed by atoms with Gasteiger partial charge in [-0.1, -0.05) is 6.07 Å². The average Bonchev–Trinajstić information content (AvgIpc) is 2.60. The maximum atomic E-state index is 11.7. The highest BCUT2D eigenvalue weighted by molar-refractivity contribution is 6.18. The summed E-state index contributed by atoms with van der Waals surface area (Å²) < 4.78 is 0. The zero-order chi connectivity index (χ0) is 11.5. The van der Waals surface area contributed by atoms with Gasteiger partial charge in [-0.15, -0.1) is 11.6 Å². The Labute approximate surface area is 100 Å². The first-order valence-corrected chi connectivity index (χ1v) is 5.99. The van der Waals surface area contributed by atoms with Crippen molar-refractivity contribution in [3.63, 3.8) is 0 Å². The van der Waals surface area contributed by atoms with Crippen LogP contribution in [-0.2, 0) is 11.3 Å². The molecular weight excluding hydrogens is 224 g/mol. The molecule has 2 heterocycles. The third-order valence-electron chi connectivity index (χ3n) is 2.81. The van der Waals surface area contributed by atoms with E-state index in [0.29, 0.717) is 24.8 Å². The van der Waals surface area contributed by atoms with Crippen LogP contribution in [0.5, 0.6) is 0 Å². The van der Waals surface area contributed by atoms with Crippen molar-refractivity contribution in [3.05, 3.63) is 29.6 Å². The third kappa shape index (κ3) is 2.53. The fraction of sp³-hybridized carbons (Fsp3) is 0.500. The molecule has 1 aromatic rings. The first kappa shape index (κ1) is 11.4. The molecule has 2 rings (SSSR count). The number of alkyl halides is 1. The fourth-order valence-corrected chi connectivity index (χ4v) is 2.20. The van der Waals surface area contributed by atoms with Crippen LogP contribution in [-0.4, -0.2) is 28.2 Å². The predicted octanol–water partition coefficient (Wildman–Crippen LogP) is 1.98. The Hall–Kier alpha value is -1.09. The second-order valence-corrected chi connectivity index (χ2v) is 4.58. The number of rotatable bonds is 3. The molecule has 16 heavy (non-hydrogen) atoms. The topological polar surface area (TPSA) is 33.2 Å². The lowest BCUT2D eigenvalue weighted by Gasteiger charge is -2.15. The van der Waals surface area contributed by atoms with Crippen molar-refractivity contribution in [1.82, 2.24) is 9.88 Å². The van der Waals surface area contributed by atoms with Crippen LogP contribution < -0.4 is 0 Å². The SMILES string of the molecule is Cc1cccc(CN2CC(CCl)CC2=O)n1. The van der Waals surface area contributed by atoms with Gasteiger partial charge >= 0.3 is 0 Å². The van der Waals surface area contributed by atoms with Crippen molar-refractivity contribution in [1.29, 1.82) is 0 Å². The van der Waals surface area contributed by atoms with Gasteiger partial charge in [0.2, 0.25) is 5.91 Å². The summed E-state index contributed by atoms with van der Waals surface area (Å²) in [5.74, 6) is 1.05. The molecule has 1 aliphatic heterocycles. The summed E-state index contributed by atoms with van der Waals surface area (Å²) in [6.45, 7) is 3.32. The molecule has 3 nitrogen and oxygen atoms in total. The van der Waals surface area contributed by atoms with Crippen LogP contribution in [0.25, 0.3) is 0 Å². The molecule has 0 spiro atoms. The molecule has 86 valence electrons. The second kappa shape index (κ2) is 4.83. The van der Waals surface area contributed by atoms with E-state index in [0.717, 1.165) is 17.9 Å². The van der Waals surface area contributed by atoms with Crippen molar-refractivity contribution in [3.8, 4) is 0 Å². The number of carbonyl (C=O) groups is 1. The molecule has 4 heteroatoms. The summed E-state index contributed by atoms with van der Waals surface area (Å²) in [6.07, 6.45) is 0.579. The number of amides is 1. The lowest BCUT2D eigenvalue weighted by atomic mass is 10.1. The minimum atomic E-state index is 0.189. The van der Waals surface area contributed by atoms with Crippen LogP contribution in [0.4, 0.5) is 0 Å². The van der Waals surface area contributed by atoms with Crippen molar-refractivity contribution in [2.24, 2.45) is 5.92 Å². The third-order valence-corrected chi connectivity index (χ3v) is 3.25. The molecule has 0 aliphatic carbocycles. The predicted molar refractivity (Wildman–Crippen MR) is 63.2 cm³/mol. The number of aryl methyl sites for hydroxylation is 1. The van der Waals surface area contributed by atoms with Gasteiger partial charge in [0.1, 0.15) is 0 Å². The highest BCUT2D eigenvalue weighted by Gasteiger charge is 2.28. The number of likely N-dealkylation sites (tertiary alicyclic amines) is 1. The molecule has 0 N–H and O–H groups in total. The maximum Gasteiger partial charge on any atom is 0.223 e. The van der Waals surface area contributed by atoms with E-state index in [1.54, 1.807) is 0 Å². The molecule has 1 amide bonds. The van der Waals surface area contributed by atoms with Gasteiger partial charge in [-0.2, -0.15) is 0 Å². The van der Waals surface area contributed by atoms with Crippen molar-refractivity contribution >= 4 is 17.5 Å². The Morgan fingerprint density at radius 2 is 2.38 bits per heavy atom. The molecule has 0 saturated carbocycles. The quantitative estimate of drug-likeness (QED) is 0.755. The normalized spacial score (nSPS) is 20.5. The zero-order valence-corrected chi connectivity index (χ0v) is 10.1. The molecule has 1 fully saturated rings. The largest absolute Gasteiger partial charge is 0.336 e. The van der Waals surface area contributed by atoms with Crippen LogP contribution in [0, 0.1) is 12.8 Å². The maximum absolute atomic E-state index is 11.7. The summed E-state index contributed by atoms with van der Waals surface area (Å²) in [4.78, 5) is 17.9. The van der Waals surface area contributed by atoms with Crippen molar-refractivity contribution in [2.75, 3.05) is 12.4 Å². The number of aromatic nitrogens is 1. The summed E-state index contributed by atoms with van der Waals surface area (Å²) in [5, 5.41) is 0. The minimum Gasteiger partial charge on any atom is -0.336 e. The Balaban J connectivity index is 2.03. The van der Waals surface area contributed by atoms with Crippen LogP contribution in [0.2, 0.25) is 0 Å². The number of hydrogen-bond acceptors (Lipinski definition) is 2. The molecular formula is C12H15ClN2O. The average molecular weight is 239 g/mol. The molecule has 1 saturated heterocycles. The molecule has 1 aromatic heterocycles. The van der Waals surface area contributed by atoms with Gasteiger partial charge in [-0.25, -0.2) is 0 Å². The lowest BCUT2D eigenvalue weighted by Crippen LogP contribution is -2.25. The van der Waals surface area contributed by atoms with Gasteiger partial charge in [0.15, 0.2) is 0 Å². The Bertz CT molecular complexity index is 394. The van der Waals surface area contributed by atoms with E-state index < -0.39 is 0 Å². The first-order chi connectivity index (χ1) is 7.69. The Morgan fingerprint density at radius 1 is 1.56 bits per heavy atom. The second-order valence-electron chi connectivity index (χ2n) is 4.27. The van der Waals surface area contributed by atoms with Gasteiger partial charge in [-0.3, -0.25) is 9.78 Å². The number of hydrogen-bond donors (Lipinski definition) is 0. The Morgan fingerprint density at radius 3 is 3.00 bits per heavy atom. The monoisotopic (exact) mass is 238 g/mol. The van der Waals surface area contributed by atoms with Crippen LogP contribution in [0.1, 0.15) is 17.8 Å². The van der Waals surface area contributed by atoms with E-state index >= 15 is 0 Å². The lowest BCUT2D eigenvalue weighted by molar-refractivity contribution is -0.128. The first-order valence-electron chi connectivity index (χ1n) is 5.45. The Kier molecular flexibility index (Phi) is 3.44. The molecule has 1 unspecified atom stereocenters. The van der Waals surface area contributed by atoms with Crippen molar-refractivity contribution in [2.45, 2.75) is 19.9 Å². The highest BCUT2D eigenvalue weighted by atomic mass is 35.5. The summed E-state index contributed by atoms with van der Waals surface area (Å²) in [5.41, 5.74) is 1.93. The van der Waals surface area contributed by atoms with Crippen LogP contribution in [0.15, 0.2) is 18.2 Å². The number of carbonyl (C=O) groups excluding carboxylic acids is 1. The molecule has 1 aliphatic rings. The number of nitrogens with zero attached hydrogens (tertiary/aromatic N) is 2. The smallest absolute Gasteiger partial charge is 0.223 e. The molecule has 0 bridgehead atoms. The van der Waals surface area contributed by atoms with Gasteiger partial charge < -0.3 is 4.90 Å².